The van der Waals surface area contributed by atoms with Crippen LogP contribution in [-0.4, -0.2) is 11.1 Å². The van der Waals surface area contributed by atoms with E-state index >= 15 is 0 Å². The molecule has 0 aromatic rings. The van der Waals surface area contributed by atoms with Crippen LogP contribution in [0, 0.1) is 11.8 Å². The standard InChI is InChI=1S/C11H20O2/c1-4-5-6-7-8-9(2)10(3)11(12)13/h4,9-10H,1,5-8H2,2-3H3,(H,12,13). The van der Waals surface area contributed by atoms with Crippen molar-refractivity contribution in [2.45, 2.75) is 39.5 Å². The van der Waals surface area contributed by atoms with Crippen molar-refractivity contribution in [2.24, 2.45) is 11.8 Å². The van der Waals surface area contributed by atoms with Gasteiger partial charge in [0.2, 0.25) is 0 Å². The summed E-state index contributed by atoms with van der Waals surface area (Å²) in [6, 6.07) is 0. The van der Waals surface area contributed by atoms with Crippen molar-refractivity contribution in [3.05, 3.63) is 12.7 Å². The maximum atomic E-state index is 10.6. The van der Waals surface area contributed by atoms with Crippen molar-refractivity contribution < 1.29 is 9.90 Å². The van der Waals surface area contributed by atoms with Crippen LogP contribution in [0.3, 0.4) is 0 Å². The Balaban J connectivity index is 3.55. The molecule has 0 spiro atoms. The molecule has 0 fully saturated rings. The molecule has 0 radical (unpaired) electrons. The van der Waals surface area contributed by atoms with Gasteiger partial charge in [-0.15, -0.1) is 6.58 Å². The summed E-state index contributed by atoms with van der Waals surface area (Å²) in [6.07, 6.45) is 6.17. The third-order valence-electron chi connectivity index (χ3n) is 2.56. The summed E-state index contributed by atoms with van der Waals surface area (Å²) in [4.78, 5) is 10.6. The fraction of sp³-hybridized carbons (Fsp3) is 0.727. The summed E-state index contributed by atoms with van der Waals surface area (Å²) in [5.41, 5.74) is 0. The van der Waals surface area contributed by atoms with Gasteiger partial charge in [0.1, 0.15) is 0 Å². The molecule has 76 valence electrons. The highest BCUT2D eigenvalue weighted by Gasteiger charge is 2.18. The predicted octanol–water partition coefficient (Wildman–Crippen LogP) is 3.09. The van der Waals surface area contributed by atoms with E-state index in [1.807, 2.05) is 13.0 Å². The molecule has 0 heterocycles. The highest BCUT2D eigenvalue weighted by atomic mass is 16.4. The number of unbranched alkanes of at least 4 members (excludes halogenated alkanes) is 2. The molecule has 2 atom stereocenters. The van der Waals surface area contributed by atoms with Gasteiger partial charge in [-0.25, -0.2) is 0 Å². The second-order valence-corrected chi connectivity index (χ2v) is 3.68. The van der Waals surface area contributed by atoms with Gasteiger partial charge < -0.3 is 5.11 Å². The van der Waals surface area contributed by atoms with Gasteiger partial charge in [-0.2, -0.15) is 0 Å². The molecule has 2 nitrogen and oxygen atoms in total. The van der Waals surface area contributed by atoms with Crippen molar-refractivity contribution in [1.82, 2.24) is 0 Å². The fourth-order valence-electron chi connectivity index (χ4n) is 1.25. The molecular formula is C11H20O2. The van der Waals surface area contributed by atoms with Crippen LogP contribution in [-0.2, 0) is 4.79 Å². The minimum absolute atomic E-state index is 0.219. The number of carboxylic acid groups (broad SMARTS) is 1. The molecule has 0 amide bonds. The summed E-state index contributed by atoms with van der Waals surface area (Å²) in [5.74, 6) is -0.623. The number of carbonyl (C=O) groups is 1. The summed E-state index contributed by atoms with van der Waals surface area (Å²) in [7, 11) is 0. The molecule has 13 heavy (non-hydrogen) atoms. The molecule has 0 saturated heterocycles. The third kappa shape index (κ3) is 5.45. The lowest BCUT2D eigenvalue weighted by Gasteiger charge is -2.14. The molecule has 0 aliphatic carbocycles. The molecule has 2 unspecified atom stereocenters. The summed E-state index contributed by atoms with van der Waals surface area (Å²) in [6.45, 7) is 7.43. The number of carboxylic acids is 1. The van der Waals surface area contributed by atoms with E-state index in [4.69, 9.17) is 5.11 Å². The Morgan fingerprint density at radius 2 is 2.08 bits per heavy atom. The van der Waals surface area contributed by atoms with Gasteiger partial charge >= 0.3 is 5.97 Å². The van der Waals surface area contributed by atoms with E-state index in [-0.39, 0.29) is 11.8 Å². The lowest BCUT2D eigenvalue weighted by Crippen LogP contribution is -2.17. The predicted molar refractivity (Wildman–Crippen MR) is 54.6 cm³/mol. The Hall–Kier alpha value is -0.790. The van der Waals surface area contributed by atoms with E-state index in [1.165, 1.54) is 0 Å². The summed E-state index contributed by atoms with van der Waals surface area (Å²) in [5, 5.41) is 8.74. The van der Waals surface area contributed by atoms with Gasteiger partial charge in [-0.05, 0) is 25.2 Å². The number of rotatable bonds is 7. The van der Waals surface area contributed by atoms with Gasteiger partial charge in [-0.1, -0.05) is 26.3 Å². The maximum Gasteiger partial charge on any atom is 0.306 e. The van der Waals surface area contributed by atoms with Crippen molar-refractivity contribution in [2.75, 3.05) is 0 Å². The van der Waals surface area contributed by atoms with E-state index in [9.17, 15) is 4.79 Å². The zero-order valence-electron chi connectivity index (χ0n) is 8.62. The molecule has 2 heteroatoms. The Morgan fingerprint density at radius 3 is 2.54 bits per heavy atom. The van der Waals surface area contributed by atoms with Crippen LogP contribution < -0.4 is 0 Å². The van der Waals surface area contributed by atoms with Crippen LogP contribution in [0.2, 0.25) is 0 Å². The Kier molecular flexibility index (Phi) is 6.29. The molecule has 0 aliphatic heterocycles. The van der Waals surface area contributed by atoms with Crippen LogP contribution in [0.1, 0.15) is 39.5 Å². The van der Waals surface area contributed by atoms with Gasteiger partial charge in [0, 0.05) is 0 Å². The molecule has 0 saturated carbocycles. The zero-order valence-corrected chi connectivity index (χ0v) is 8.62. The van der Waals surface area contributed by atoms with Crippen molar-refractivity contribution in [3.8, 4) is 0 Å². The molecule has 0 bridgehead atoms. The maximum absolute atomic E-state index is 10.6. The second-order valence-electron chi connectivity index (χ2n) is 3.68. The molecule has 0 aromatic carbocycles. The normalized spacial score (nSPS) is 14.9. The monoisotopic (exact) mass is 184 g/mol. The van der Waals surface area contributed by atoms with E-state index in [1.54, 1.807) is 6.92 Å². The minimum Gasteiger partial charge on any atom is -0.481 e. The average molecular weight is 184 g/mol. The largest absolute Gasteiger partial charge is 0.481 e. The second kappa shape index (κ2) is 6.70. The van der Waals surface area contributed by atoms with Crippen molar-refractivity contribution in [3.63, 3.8) is 0 Å². The highest BCUT2D eigenvalue weighted by molar-refractivity contribution is 5.69. The van der Waals surface area contributed by atoms with Gasteiger partial charge in [-0.3, -0.25) is 4.79 Å². The number of aliphatic carboxylic acids is 1. The van der Waals surface area contributed by atoms with Crippen LogP contribution in [0.15, 0.2) is 12.7 Å². The fourth-order valence-corrected chi connectivity index (χ4v) is 1.25. The lowest BCUT2D eigenvalue weighted by atomic mass is 9.91. The van der Waals surface area contributed by atoms with Gasteiger partial charge in [0.25, 0.3) is 0 Å². The van der Waals surface area contributed by atoms with Crippen LogP contribution in [0.25, 0.3) is 0 Å². The average Bonchev–Trinajstić information content (AvgIpc) is 2.10. The first-order valence-electron chi connectivity index (χ1n) is 4.93. The molecule has 1 N–H and O–H groups in total. The van der Waals surface area contributed by atoms with Crippen LogP contribution in [0.4, 0.5) is 0 Å². The Bertz CT molecular complexity index is 163. The molecule has 0 aromatic heterocycles. The SMILES string of the molecule is C=CCCCCC(C)C(C)C(=O)O. The first-order chi connectivity index (χ1) is 6.09. The summed E-state index contributed by atoms with van der Waals surface area (Å²) >= 11 is 0. The minimum atomic E-state index is -0.684. The Morgan fingerprint density at radius 1 is 1.46 bits per heavy atom. The van der Waals surface area contributed by atoms with Crippen LogP contribution in [0.5, 0.6) is 0 Å². The number of hydrogen-bond donors (Lipinski definition) is 1. The van der Waals surface area contributed by atoms with Gasteiger partial charge in [0.05, 0.1) is 5.92 Å². The molecule has 0 rings (SSSR count). The smallest absolute Gasteiger partial charge is 0.306 e. The quantitative estimate of drug-likeness (QED) is 0.487. The van der Waals surface area contributed by atoms with Crippen molar-refractivity contribution in [1.29, 1.82) is 0 Å². The lowest BCUT2D eigenvalue weighted by molar-refractivity contribution is -0.142. The molecular weight excluding hydrogens is 164 g/mol. The van der Waals surface area contributed by atoms with E-state index in [2.05, 4.69) is 6.58 Å². The van der Waals surface area contributed by atoms with Crippen molar-refractivity contribution >= 4 is 5.97 Å². The first-order valence-corrected chi connectivity index (χ1v) is 4.93. The number of allylic oxidation sites excluding steroid dienone is 1. The van der Waals surface area contributed by atoms with E-state index in [0.29, 0.717) is 0 Å². The summed E-state index contributed by atoms with van der Waals surface area (Å²) < 4.78 is 0. The van der Waals surface area contributed by atoms with E-state index < -0.39 is 5.97 Å². The number of hydrogen-bond acceptors (Lipinski definition) is 1. The molecule has 0 aliphatic rings. The van der Waals surface area contributed by atoms with Gasteiger partial charge in [0.15, 0.2) is 0 Å². The zero-order chi connectivity index (χ0) is 10.3. The highest BCUT2D eigenvalue weighted by Crippen LogP contribution is 2.18. The first kappa shape index (κ1) is 12.2. The topological polar surface area (TPSA) is 37.3 Å². The van der Waals surface area contributed by atoms with Crippen LogP contribution >= 0.6 is 0 Å². The van der Waals surface area contributed by atoms with E-state index in [0.717, 1.165) is 25.7 Å². The Labute approximate surface area is 80.7 Å². The third-order valence-corrected chi connectivity index (χ3v) is 2.56.